The molecule has 0 aliphatic heterocycles. The Bertz CT molecular complexity index is 258. The second-order valence-corrected chi connectivity index (χ2v) is 3.40. The van der Waals surface area contributed by atoms with Gasteiger partial charge in [-0.3, -0.25) is 0 Å². The monoisotopic (exact) mass is 191 g/mol. The van der Waals surface area contributed by atoms with Crippen LogP contribution in [-0.2, 0) is 4.79 Å². The maximum Gasteiger partial charge on any atom is 0.142 e. The van der Waals surface area contributed by atoms with Crippen LogP contribution in [0.1, 0.15) is 26.2 Å². The van der Waals surface area contributed by atoms with Crippen LogP contribution in [0, 0.1) is 0 Å². The van der Waals surface area contributed by atoms with Crippen LogP contribution in [0.25, 0.3) is 0 Å². The molecule has 0 saturated carbocycles. The van der Waals surface area contributed by atoms with Crippen LogP contribution in [-0.4, -0.2) is 12.3 Å². The van der Waals surface area contributed by atoms with E-state index in [1.165, 1.54) is 0 Å². The average molecular weight is 191 g/mol. The van der Waals surface area contributed by atoms with E-state index in [2.05, 4.69) is 12.2 Å². The Labute approximate surface area is 85.3 Å². The molecule has 1 N–H and O–H groups in total. The van der Waals surface area contributed by atoms with Crippen molar-refractivity contribution < 1.29 is 4.79 Å². The largest absolute Gasteiger partial charge is 0.376 e. The molecule has 0 bridgehead atoms. The zero-order chi connectivity index (χ0) is 10.2. The molecule has 0 aliphatic rings. The van der Waals surface area contributed by atoms with E-state index in [1.807, 2.05) is 30.3 Å². The van der Waals surface area contributed by atoms with Crippen molar-refractivity contribution in [2.45, 2.75) is 32.2 Å². The number of aldehydes is 1. The predicted octanol–water partition coefficient (Wildman–Crippen LogP) is 2.86. The summed E-state index contributed by atoms with van der Waals surface area (Å²) in [7, 11) is 0. The summed E-state index contributed by atoms with van der Waals surface area (Å²) in [6.45, 7) is 2.13. The summed E-state index contributed by atoms with van der Waals surface area (Å²) in [4.78, 5) is 10.8. The fourth-order valence-corrected chi connectivity index (χ4v) is 1.35. The standard InChI is InChI=1S/C12H17NO/c1-2-3-7-12(10-14)13-11-8-5-4-6-9-11/h4-6,8-10,12-13H,2-3,7H2,1H3. The number of hydrogen-bond acceptors (Lipinski definition) is 2. The fraction of sp³-hybridized carbons (Fsp3) is 0.417. The number of rotatable bonds is 6. The van der Waals surface area contributed by atoms with E-state index in [-0.39, 0.29) is 6.04 Å². The average Bonchev–Trinajstić information content (AvgIpc) is 2.25. The van der Waals surface area contributed by atoms with Crippen LogP contribution in [0.15, 0.2) is 30.3 Å². The molecule has 0 radical (unpaired) electrons. The zero-order valence-electron chi connectivity index (χ0n) is 8.57. The lowest BCUT2D eigenvalue weighted by Crippen LogP contribution is -2.20. The highest BCUT2D eigenvalue weighted by atomic mass is 16.1. The predicted molar refractivity (Wildman–Crippen MR) is 59.4 cm³/mol. The van der Waals surface area contributed by atoms with Gasteiger partial charge in [0.25, 0.3) is 0 Å². The van der Waals surface area contributed by atoms with Gasteiger partial charge in [-0.2, -0.15) is 0 Å². The van der Waals surface area contributed by atoms with Crippen molar-refractivity contribution in [1.29, 1.82) is 0 Å². The summed E-state index contributed by atoms with van der Waals surface area (Å²) in [6.07, 6.45) is 4.11. The summed E-state index contributed by atoms with van der Waals surface area (Å²) >= 11 is 0. The van der Waals surface area contributed by atoms with E-state index < -0.39 is 0 Å². The van der Waals surface area contributed by atoms with Gasteiger partial charge in [0.05, 0.1) is 6.04 Å². The summed E-state index contributed by atoms with van der Waals surface area (Å²) in [5.74, 6) is 0. The summed E-state index contributed by atoms with van der Waals surface area (Å²) < 4.78 is 0. The van der Waals surface area contributed by atoms with Crippen molar-refractivity contribution in [3.8, 4) is 0 Å². The number of benzene rings is 1. The number of para-hydroxylation sites is 1. The minimum atomic E-state index is -0.0441. The van der Waals surface area contributed by atoms with Crippen molar-refractivity contribution in [2.75, 3.05) is 5.32 Å². The molecule has 1 aromatic carbocycles. The van der Waals surface area contributed by atoms with Crippen LogP contribution in [0.5, 0.6) is 0 Å². The molecule has 0 aliphatic carbocycles. The Morgan fingerprint density at radius 2 is 2.07 bits per heavy atom. The Kier molecular flexibility index (Phi) is 4.76. The van der Waals surface area contributed by atoms with Crippen molar-refractivity contribution in [3.05, 3.63) is 30.3 Å². The molecule has 76 valence electrons. The van der Waals surface area contributed by atoms with E-state index in [9.17, 15) is 4.79 Å². The first-order chi connectivity index (χ1) is 6.86. The van der Waals surface area contributed by atoms with Gasteiger partial charge in [0.1, 0.15) is 6.29 Å². The third-order valence-corrected chi connectivity index (χ3v) is 2.16. The van der Waals surface area contributed by atoms with Crippen LogP contribution >= 0.6 is 0 Å². The smallest absolute Gasteiger partial charge is 0.142 e. The molecule has 0 aromatic heterocycles. The van der Waals surface area contributed by atoms with E-state index >= 15 is 0 Å². The molecule has 0 saturated heterocycles. The lowest BCUT2D eigenvalue weighted by molar-refractivity contribution is -0.108. The molecule has 1 aromatic rings. The van der Waals surface area contributed by atoms with Crippen molar-refractivity contribution in [1.82, 2.24) is 0 Å². The van der Waals surface area contributed by atoms with Gasteiger partial charge in [0, 0.05) is 5.69 Å². The second-order valence-electron chi connectivity index (χ2n) is 3.40. The second kappa shape index (κ2) is 6.19. The SMILES string of the molecule is CCCCC(C=O)Nc1ccccc1. The molecule has 1 rings (SSSR count). The first kappa shape index (κ1) is 10.8. The normalized spacial score (nSPS) is 12.1. The van der Waals surface area contributed by atoms with Crippen LogP contribution < -0.4 is 5.32 Å². The minimum absolute atomic E-state index is 0.0441. The van der Waals surface area contributed by atoms with Crippen LogP contribution in [0.3, 0.4) is 0 Å². The highest BCUT2D eigenvalue weighted by Crippen LogP contribution is 2.09. The molecule has 1 atom stereocenters. The summed E-state index contributed by atoms with van der Waals surface area (Å²) in [5, 5.41) is 3.20. The Hall–Kier alpha value is -1.31. The van der Waals surface area contributed by atoms with Crippen LogP contribution in [0.2, 0.25) is 0 Å². The lowest BCUT2D eigenvalue weighted by Gasteiger charge is -2.13. The first-order valence-corrected chi connectivity index (χ1v) is 5.13. The highest BCUT2D eigenvalue weighted by molar-refractivity contribution is 5.64. The van der Waals surface area contributed by atoms with Gasteiger partial charge < -0.3 is 10.1 Å². The highest BCUT2D eigenvalue weighted by Gasteiger charge is 2.04. The molecule has 0 fully saturated rings. The minimum Gasteiger partial charge on any atom is -0.376 e. The van der Waals surface area contributed by atoms with Crippen molar-refractivity contribution in [2.24, 2.45) is 0 Å². The molecule has 2 heteroatoms. The van der Waals surface area contributed by atoms with Gasteiger partial charge in [-0.1, -0.05) is 38.0 Å². The van der Waals surface area contributed by atoms with E-state index in [4.69, 9.17) is 0 Å². The number of nitrogens with one attached hydrogen (secondary N) is 1. The topological polar surface area (TPSA) is 29.1 Å². The van der Waals surface area contributed by atoms with E-state index in [0.717, 1.165) is 31.2 Å². The Balaban J connectivity index is 2.44. The molecule has 1 unspecified atom stereocenters. The quantitative estimate of drug-likeness (QED) is 0.700. The lowest BCUT2D eigenvalue weighted by atomic mass is 10.1. The van der Waals surface area contributed by atoms with Gasteiger partial charge in [-0.15, -0.1) is 0 Å². The van der Waals surface area contributed by atoms with Crippen molar-refractivity contribution >= 4 is 12.0 Å². The van der Waals surface area contributed by atoms with Gasteiger partial charge in [-0.25, -0.2) is 0 Å². The summed E-state index contributed by atoms with van der Waals surface area (Å²) in [6, 6.07) is 9.80. The third kappa shape index (κ3) is 3.60. The Morgan fingerprint density at radius 1 is 1.36 bits per heavy atom. The van der Waals surface area contributed by atoms with Crippen LogP contribution in [0.4, 0.5) is 5.69 Å². The van der Waals surface area contributed by atoms with E-state index in [1.54, 1.807) is 0 Å². The fourth-order valence-electron chi connectivity index (χ4n) is 1.35. The van der Waals surface area contributed by atoms with Gasteiger partial charge in [0.15, 0.2) is 0 Å². The van der Waals surface area contributed by atoms with Crippen molar-refractivity contribution in [3.63, 3.8) is 0 Å². The molecule has 0 heterocycles. The third-order valence-electron chi connectivity index (χ3n) is 2.16. The van der Waals surface area contributed by atoms with Gasteiger partial charge in [0.2, 0.25) is 0 Å². The number of carbonyl (C=O) groups is 1. The molecular formula is C12H17NO. The maximum atomic E-state index is 10.8. The summed E-state index contributed by atoms with van der Waals surface area (Å²) in [5.41, 5.74) is 1.01. The zero-order valence-corrected chi connectivity index (χ0v) is 8.57. The first-order valence-electron chi connectivity index (χ1n) is 5.13. The van der Waals surface area contributed by atoms with Gasteiger partial charge >= 0.3 is 0 Å². The number of unbranched alkanes of at least 4 members (excludes halogenated alkanes) is 1. The molecule has 0 amide bonds. The van der Waals surface area contributed by atoms with E-state index in [0.29, 0.717) is 0 Å². The number of carbonyl (C=O) groups excluding carboxylic acids is 1. The molecule has 2 nitrogen and oxygen atoms in total. The molecule has 0 spiro atoms. The number of hydrogen-bond donors (Lipinski definition) is 1. The number of anilines is 1. The van der Waals surface area contributed by atoms with Gasteiger partial charge in [-0.05, 0) is 18.6 Å². The molecule has 14 heavy (non-hydrogen) atoms. The Morgan fingerprint density at radius 3 is 2.64 bits per heavy atom. The molecular weight excluding hydrogens is 174 g/mol. The maximum absolute atomic E-state index is 10.8.